The fourth-order valence-electron chi connectivity index (χ4n) is 3.16. The van der Waals surface area contributed by atoms with E-state index in [9.17, 15) is 4.79 Å². The van der Waals surface area contributed by atoms with E-state index < -0.39 is 0 Å². The third kappa shape index (κ3) is 3.27. The number of carbonyl (C=O) groups is 1. The molecule has 1 fully saturated rings. The zero-order valence-corrected chi connectivity index (χ0v) is 14.9. The Hall–Kier alpha value is -2.33. The molecular weight excluding hydrogens is 330 g/mol. The molecule has 4 heteroatoms. The van der Waals surface area contributed by atoms with Gasteiger partial charge in [-0.2, -0.15) is 0 Å². The highest BCUT2D eigenvalue weighted by Gasteiger charge is 2.33. The van der Waals surface area contributed by atoms with Crippen LogP contribution in [0.4, 0.5) is 0 Å². The van der Waals surface area contributed by atoms with Crippen molar-refractivity contribution in [3.05, 3.63) is 82.7 Å². The summed E-state index contributed by atoms with van der Waals surface area (Å²) in [6.07, 6.45) is 6.53. The highest BCUT2D eigenvalue weighted by atomic mass is 32.2. The summed E-state index contributed by atoms with van der Waals surface area (Å²) >= 11 is 1.68. The fraction of sp³-hybridized carbons (Fsp3) is 0.238. The molecule has 0 saturated heterocycles. The lowest BCUT2D eigenvalue weighted by Crippen LogP contribution is -2.08. The van der Waals surface area contributed by atoms with E-state index in [1.165, 1.54) is 5.56 Å². The van der Waals surface area contributed by atoms with Crippen LogP contribution >= 0.6 is 11.8 Å². The van der Waals surface area contributed by atoms with E-state index in [0.717, 1.165) is 41.0 Å². The maximum absolute atomic E-state index is 13.2. The Kier molecular flexibility index (Phi) is 4.45. The molecule has 0 aliphatic heterocycles. The molecule has 0 bridgehead atoms. The van der Waals surface area contributed by atoms with E-state index in [-0.39, 0.29) is 5.78 Å². The van der Waals surface area contributed by atoms with Crippen molar-refractivity contribution in [1.29, 1.82) is 0 Å². The monoisotopic (exact) mass is 349 g/mol. The Morgan fingerprint density at radius 3 is 2.64 bits per heavy atom. The Bertz CT molecular complexity index is 897. The highest BCUT2D eigenvalue weighted by Crippen LogP contribution is 2.42. The quantitative estimate of drug-likeness (QED) is 0.459. The number of rotatable bonds is 6. The first-order valence-corrected chi connectivity index (χ1v) is 9.69. The van der Waals surface area contributed by atoms with Crippen LogP contribution in [0.5, 0.6) is 0 Å². The Morgan fingerprint density at radius 1 is 1.12 bits per heavy atom. The lowest BCUT2D eigenvalue weighted by atomic mass is 9.94. The molecule has 1 saturated carbocycles. The zero-order valence-electron chi connectivity index (χ0n) is 14.1. The third-order valence-corrected chi connectivity index (χ3v) is 5.43. The van der Waals surface area contributed by atoms with Gasteiger partial charge in [-0.25, -0.2) is 0 Å². The number of benzene rings is 2. The molecule has 3 nitrogen and oxygen atoms in total. The molecule has 25 heavy (non-hydrogen) atoms. The Morgan fingerprint density at radius 2 is 1.92 bits per heavy atom. The number of hydrogen-bond acceptors (Lipinski definition) is 4. The zero-order chi connectivity index (χ0) is 17.2. The SMILES string of the molecule is CSc1cccc(C(=O)c2cnoc2C2CC2)c1Cc1ccccc1. The predicted molar refractivity (Wildman–Crippen MR) is 99.4 cm³/mol. The summed E-state index contributed by atoms with van der Waals surface area (Å²) in [5, 5.41) is 3.89. The molecule has 0 unspecified atom stereocenters. The van der Waals surface area contributed by atoms with Gasteiger partial charge in [-0.1, -0.05) is 47.6 Å². The first-order chi connectivity index (χ1) is 12.3. The van der Waals surface area contributed by atoms with Crippen LogP contribution in [0.15, 0.2) is 64.1 Å². The Balaban J connectivity index is 1.76. The number of carbonyl (C=O) groups excluding carboxylic acids is 1. The molecule has 0 spiro atoms. The molecule has 1 aliphatic rings. The minimum atomic E-state index is 0.0185. The first kappa shape index (κ1) is 16.2. The van der Waals surface area contributed by atoms with Crippen molar-refractivity contribution in [3.63, 3.8) is 0 Å². The second kappa shape index (κ2) is 6.89. The second-order valence-electron chi connectivity index (χ2n) is 6.36. The van der Waals surface area contributed by atoms with Crippen molar-refractivity contribution >= 4 is 17.5 Å². The molecule has 1 aromatic heterocycles. The summed E-state index contributed by atoms with van der Waals surface area (Å²) in [6, 6.07) is 16.2. The van der Waals surface area contributed by atoms with Crippen LogP contribution in [0, 0.1) is 0 Å². The number of ketones is 1. The van der Waals surface area contributed by atoms with E-state index in [4.69, 9.17) is 4.52 Å². The van der Waals surface area contributed by atoms with Crippen molar-refractivity contribution in [2.45, 2.75) is 30.1 Å². The summed E-state index contributed by atoms with van der Waals surface area (Å²) in [4.78, 5) is 14.4. The predicted octanol–water partition coefficient (Wildman–Crippen LogP) is 5.10. The van der Waals surface area contributed by atoms with E-state index >= 15 is 0 Å². The van der Waals surface area contributed by atoms with Crippen LogP contribution < -0.4 is 0 Å². The fourth-order valence-corrected chi connectivity index (χ4v) is 3.80. The van der Waals surface area contributed by atoms with Crippen LogP contribution in [0.25, 0.3) is 0 Å². The van der Waals surface area contributed by atoms with Gasteiger partial charge < -0.3 is 4.52 Å². The minimum Gasteiger partial charge on any atom is -0.360 e. The standard InChI is InChI=1S/C21H19NO2S/c1-25-19-9-5-8-16(17(19)12-14-6-3-2-4-7-14)20(23)18-13-22-24-21(18)15-10-11-15/h2-9,13,15H,10-12H2,1H3. The molecule has 0 atom stereocenters. The molecule has 1 aliphatic carbocycles. The molecule has 1 heterocycles. The van der Waals surface area contributed by atoms with Gasteiger partial charge in [0.25, 0.3) is 0 Å². The number of aromatic nitrogens is 1. The number of thioether (sulfide) groups is 1. The lowest BCUT2D eigenvalue weighted by Gasteiger charge is -2.13. The maximum Gasteiger partial charge on any atom is 0.198 e. The van der Waals surface area contributed by atoms with Gasteiger partial charge in [0.2, 0.25) is 0 Å². The van der Waals surface area contributed by atoms with Gasteiger partial charge in [0.15, 0.2) is 11.5 Å². The molecule has 0 N–H and O–H groups in total. The van der Waals surface area contributed by atoms with Gasteiger partial charge in [-0.3, -0.25) is 4.79 Å². The van der Waals surface area contributed by atoms with Gasteiger partial charge in [0.05, 0.1) is 11.8 Å². The average Bonchev–Trinajstić information content (AvgIpc) is 3.38. The smallest absolute Gasteiger partial charge is 0.198 e. The maximum atomic E-state index is 13.2. The van der Waals surface area contributed by atoms with E-state index in [1.807, 2.05) is 36.6 Å². The van der Waals surface area contributed by atoms with Crippen LogP contribution in [-0.4, -0.2) is 17.2 Å². The summed E-state index contributed by atoms with van der Waals surface area (Å²) in [7, 11) is 0. The van der Waals surface area contributed by atoms with Gasteiger partial charge in [-0.15, -0.1) is 11.8 Å². The second-order valence-corrected chi connectivity index (χ2v) is 7.20. The molecule has 2 aromatic carbocycles. The summed E-state index contributed by atoms with van der Waals surface area (Å²) in [5.74, 6) is 1.14. The average molecular weight is 349 g/mol. The molecule has 3 aromatic rings. The molecule has 4 rings (SSSR count). The minimum absolute atomic E-state index is 0.0185. The van der Waals surface area contributed by atoms with Crippen LogP contribution in [-0.2, 0) is 6.42 Å². The molecule has 126 valence electrons. The van der Waals surface area contributed by atoms with E-state index in [2.05, 4.69) is 23.4 Å². The highest BCUT2D eigenvalue weighted by molar-refractivity contribution is 7.98. The number of hydrogen-bond donors (Lipinski definition) is 0. The van der Waals surface area contributed by atoms with Crippen molar-refractivity contribution in [3.8, 4) is 0 Å². The van der Waals surface area contributed by atoms with Crippen molar-refractivity contribution in [2.24, 2.45) is 0 Å². The van der Waals surface area contributed by atoms with E-state index in [1.54, 1.807) is 18.0 Å². The lowest BCUT2D eigenvalue weighted by molar-refractivity contribution is 0.103. The van der Waals surface area contributed by atoms with Crippen LogP contribution in [0.1, 0.15) is 51.6 Å². The van der Waals surface area contributed by atoms with Gasteiger partial charge in [0, 0.05) is 16.4 Å². The summed E-state index contributed by atoms with van der Waals surface area (Å²) < 4.78 is 5.37. The Labute approximate surface area is 151 Å². The molecule has 0 amide bonds. The van der Waals surface area contributed by atoms with Gasteiger partial charge in [0.1, 0.15) is 0 Å². The summed E-state index contributed by atoms with van der Waals surface area (Å²) in [6.45, 7) is 0. The largest absolute Gasteiger partial charge is 0.360 e. The third-order valence-electron chi connectivity index (χ3n) is 4.61. The van der Waals surface area contributed by atoms with Crippen molar-refractivity contribution in [2.75, 3.05) is 6.26 Å². The van der Waals surface area contributed by atoms with Crippen molar-refractivity contribution in [1.82, 2.24) is 5.16 Å². The van der Waals surface area contributed by atoms with Gasteiger partial charge >= 0.3 is 0 Å². The topological polar surface area (TPSA) is 43.1 Å². The number of nitrogens with zero attached hydrogens (tertiary/aromatic N) is 1. The first-order valence-electron chi connectivity index (χ1n) is 8.47. The van der Waals surface area contributed by atoms with E-state index in [0.29, 0.717) is 11.5 Å². The van der Waals surface area contributed by atoms with Crippen LogP contribution in [0.2, 0.25) is 0 Å². The molecular formula is C21H19NO2S. The van der Waals surface area contributed by atoms with Crippen LogP contribution in [0.3, 0.4) is 0 Å². The van der Waals surface area contributed by atoms with Gasteiger partial charge in [-0.05, 0) is 42.7 Å². The summed E-state index contributed by atoms with van der Waals surface area (Å²) in [5.41, 5.74) is 3.65. The van der Waals surface area contributed by atoms with Crippen molar-refractivity contribution < 1.29 is 9.32 Å². The normalized spacial score (nSPS) is 13.8. The molecule has 0 radical (unpaired) electrons.